The minimum atomic E-state index is -0.302. The molecule has 0 saturated carbocycles. The first-order valence-electron chi connectivity index (χ1n) is 5.90. The van der Waals surface area contributed by atoms with Crippen molar-refractivity contribution in [1.82, 2.24) is 0 Å². The van der Waals surface area contributed by atoms with Gasteiger partial charge in [-0.1, -0.05) is 13.0 Å². The maximum Gasteiger partial charge on any atom is 0.227 e. The van der Waals surface area contributed by atoms with Gasteiger partial charge in [0.15, 0.2) is 0 Å². The van der Waals surface area contributed by atoms with Crippen molar-refractivity contribution in [3.8, 4) is 0 Å². The fourth-order valence-corrected chi connectivity index (χ4v) is 2.10. The molecule has 0 radical (unpaired) electrons. The molecule has 1 heterocycles. The van der Waals surface area contributed by atoms with Crippen LogP contribution in [0.25, 0.3) is 0 Å². The van der Waals surface area contributed by atoms with Crippen LogP contribution < -0.4 is 10.6 Å². The van der Waals surface area contributed by atoms with Crippen LogP contribution in [-0.2, 0) is 11.2 Å². The molecule has 1 aliphatic heterocycles. The number of benzene rings is 1. The molecule has 0 spiro atoms. The van der Waals surface area contributed by atoms with E-state index in [9.17, 15) is 9.18 Å². The number of fused-ring (bicyclic) bond motifs is 1. The SMILES string of the molecule is CC(CN)CN1C(=O)CCc2ccc(F)cc21. The number of aryl methyl sites for hydroxylation is 1. The lowest BCUT2D eigenvalue weighted by atomic mass is 9.99. The molecule has 1 aromatic carbocycles. The standard InChI is InChI=1S/C13H17FN2O/c1-9(7-15)8-16-12-6-11(14)4-2-10(12)3-5-13(16)17/h2,4,6,9H,3,5,7-8,15H2,1H3. The van der Waals surface area contributed by atoms with E-state index in [-0.39, 0.29) is 17.6 Å². The van der Waals surface area contributed by atoms with Crippen molar-refractivity contribution < 1.29 is 9.18 Å². The van der Waals surface area contributed by atoms with Gasteiger partial charge in [0.05, 0.1) is 0 Å². The minimum Gasteiger partial charge on any atom is -0.330 e. The summed E-state index contributed by atoms with van der Waals surface area (Å²) in [6, 6.07) is 4.64. The van der Waals surface area contributed by atoms with Crippen LogP contribution in [0.5, 0.6) is 0 Å². The number of nitrogens with two attached hydrogens (primary N) is 1. The van der Waals surface area contributed by atoms with E-state index in [4.69, 9.17) is 5.73 Å². The number of nitrogens with zero attached hydrogens (tertiary/aromatic N) is 1. The normalized spacial score (nSPS) is 16.9. The summed E-state index contributed by atoms with van der Waals surface area (Å²) in [4.78, 5) is 13.5. The molecule has 2 rings (SSSR count). The van der Waals surface area contributed by atoms with Gasteiger partial charge in [0.2, 0.25) is 5.91 Å². The van der Waals surface area contributed by atoms with Crippen LogP contribution in [0.2, 0.25) is 0 Å². The Hall–Kier alpha value is -1.42. The summed E-state index contributed by atoms with van der Waals surface area (Å²) < 4.78 is 13.3. The third-order valence-electron chi connectivity index (χ3n) is 3.14. The van der Waals surface area contributed by atoms with Crippen LogP contribution in [-0.4, -0.2) is 19.0 Å². The highest BCUT2D eigenvalue weighted by molar-refractivity contribution is 5.96. The zero-order valence-corrected chi connectivity index (χ0v) is 9.95. The highest BCUT2D eigenvalue weighted by Gasteiger charge is 2.25. The smallest absolute Gasteiger partial charge is 0.227 e. The Bertz CT molecular complexity index is 433. The molecule has 2 N–H and O–H groups in total. The van der Waals surface area contributed by atoms with Crippen molar-refractivity contribution in [2.45, 2.75) is 19.8 Å². The second-order valence-electron chi connectivity index (χ2n) is 4.62. The molecule has 1 aliphatic rings. The van der Waals surface area contributed by atoms with E-state index in [0.29, 0.717) is 31.6 Å². The predicted molar refractivity (Wildman–Crippen MR) is 65.3 cm³/mol. The number of anilines is 1. The molecular weight excluding hydrogens is 219 g/mol. The fraction of sp³-hybridized carbons (Fsp3) is 0.462. The molecule has 0 fully saturated rings. The van der Waals surface area contributed by atoms with Gasteiger partial charge in [0.1, 0.15) is 5.82 Å². The predicted octanol–water partition coefficient (Wildman–Crippen LogP) is 1.70. The molecule has 92 valence electrons. The molecule has 1 aromatic rings. The second kappa shape index (κ2) is 4.84. The van der Waals surface area contributed by atoms with E-state index >= 15 is 0 Å². The summed E-state index contributed by atoms with van der Waals surface area (Å²) in [5, 5.41) is 0. The zero-order valence-electron chi connectivity index (χ0n) is 9.95. The number of halogens is 1. The van der Waals surface area contributed by atoms with Crippen LogP contribution in [0, 0.1) is 11.7 Å². The lowest BCUT2D eigenvalue weighted by Crippen LogP contribution is -2.39. The van der Waals surface area contributed by atoms with Crippen molar-refractivity contribution in [3.63, 3.8) is 0 Å². The first kappa shape index (κ1) is 12.0. The van der Waals surface area contributed by atoms with Crippen LogP contribution in [0.15, 0.2) is 18.2 Å². The van der Waals surface area contributed by atoms with Crippen LogP contribution >= 0.6 is 0 Å². The number of amides is 1. The van der Waals surface area contributed by atoms with Crippen molar-refractivity contribution >= 4 is 11.6 Å². The number of hydrogen-bond acceptors (Lipinski definition) is 2. The third-order valence-corrected chi connectivity index (χ3v) is 3.14. The van der Waals surface area contributed by atoms with Crippen molar-refractivity contribution in [2.24, 2.45) is 11.7 Å². The van der Waals surface area contributed by atoms with Crippen molar-refractivity contribution in [1.29, 1.82) is 0 Å². The van der Waals surface area contributed by atoms with E-state index in [0.717, 1.165) is 5.56 Å². The fourth-order valence-electron chi connectivity index (χ4n) is 2.10. The number of rotatable bonds is 3. The van der Waals surface area contributed by atoms with E-state index in [1.165, 1.54) is 12.1 Å². The number of hydrogen-bond donors (Lipinski definition) is 1. The van der Waals surface area contributed by atoms with Gasteiger partial charge in [-0.25, -0.2) is 4.39 Å². The average molecular weight is 236 g/mol. The van der Waals surface area contributed by atoms with Gasteiger partial charge in [0, 0.05) is 18.7 Å². The average Bonchev–Trinajstić information content (AvgIpc) is 2.32. The van der Waals surface area contributed by atoms with Gasteiger partial charge in [-0.05, 0) is 36.6 Å². The topological polar surface area (TPSA) is 46.3 Å². The zero-order chi connectivity index (χ0) is 12.4. The van der Waals surface area contributed by atoms with E-state index in [2.05, 4.69) is 0 Å². The molecule has 4 heteroatoms. The van der Waals surface area contributed by atoms with E-state index < -0.39 is 0 Å². The lowest BCUT2D eigenvalue weighted by molar-refractivity contribution is -0.119. The summed E-state index contributed by atoms with van der Waals surface area (Å²) >= 11 is 0. The quantitative estimate of drug-likeness (QED) is 0.868. The highest BCUT2D eigenvalue weighted by Crippen LogP contribution is 2.29. The molecule has 0 bridgehead atoms. The molecule has 1 unspecified atom stereocenters. The molecular formula is C13H17FN2O. The Balaban J connectivity index is 2.32. The summed E-state index contributed by atoms with van der Waals surface area (Å²) in [7, 11) is 0. The first-order valence-corrected chi connectivity index (χ1v) is 5.90. The third kappa shape index (κ3) is 2.47. The van der Waals surface area contributed by atoms with Gasteiger partial charge in [-0.15, -0.1) is 0 Å². The summed E-state index contributed by atoms with van der Waals surface area (Å²) in [5.74, 6) is -0.0274. The second-order valence-corrected chi connectivity index (χ2v) is 4.62. The van der Waals surface area contributed by atoms with Gasteiger partial charge in [-0.2, -0.15) is 0 Å². The van der Waals surface area contributed by atoms with E-state index in [1.807, 2.05) is 6.92 Å². The minimum absolute atomic E-state index is 0.0587. The Morgan fingerprint density at radius 1 is 1.47 bits per heavy atom. The number of carbonyl (C=O) groups excluding carboxylic acids is 1. The Morgan fingerprint density at radius 3 is 2.94 bits per heavy atom. The van der Waals surface area contributed by atoms with Gasteiger partial charge in [0.25, 0.3) is 0 Å². The van der Waals surface area contributed by atoms with Crippen LogP contribution in [0.4, 0.5) is 10.1 Å². The summed E-state index contributed by atoms with van der Waals surface area (Å²) in [5.41, 5.74) is 7.32. The maximum atomic E-state index is 13.3. The van der Waals surface area contributed by atoms with Gasteiger partial charge < -0.3 is 10.6 Å². The largest absolute Gasteiger partial charge is 0.330 e. The van der Waals surface area contributed by atoms with Crippen molar-refractivity contribution in [2.75, 3.05) is 18.0 Å². The molecule has 1 amide bonds. The molecule has 0 saturated heterocycles. The summed E-state index contributed by atoms with van der Waals surface area (Å²) in [6.45, 7) is 3.07. The molecule has 1 atom stereocenters. The Kier molecular flexibility index (Phi) is 3.43. The Labute approximate surface area is 100 Å². The monoisotopic (exact) mass is 236 g/mol. The van der Waals surface area contributed by atoms with Crippen LogP contribution in [0.1, 0.15) is 18.9 Å². The molecule has 0 aromatic heterocycles. The maximum absolute atomic E-state index is 13.3. The van der Waals surface area contributed by atoms with Gasteiger partial charge in [-0.3, -0.25) is 4.79 Å². The van der Waals surface area contributed by atoms with Crippen molar-refractivity contribution in [3.05, 3.63) is 29.6 Å². The van der Waals surface area contributed by atoms with Gasteiger partial charge >= 0.3 is 0 Å². The number of carbonyl (C=O) groups is 1. The summed E-state index contributed by atoms with van der Waals surface area (Å²) in [6.07, 6.45) is 1.19. The first-order chi connectivity index (χ1) is 8.11. The van der Waals surface area contributed by atoms with Crippen LogP contribution in [0.3, 0.4) is 0 Å². The molecule has 17 heavy (non-hydrogen) atoms. The molecule has 3 nitrogen and oxygen atoms in total. The highest BCUT2D eigenvalue weighted by atomic mass is 19.1. The lowest BCUT2D eigenvalue weighted by Gasteiger charge is -2.31. The molecule has 0 aliphatic carbocycles. The Morgan fingerprint density at radius 2 is 2.24 bits per heavy atom. The van der Waals surface area contributed by atoms with E-state index in [1.54, 1.807) is 11.0 Å².